The molecule has 0 saturated carbocycles. The molecule has 0 saturated heterocycles. The molecule has 0 heterocycles. The number of carboxylic acids is 1. The number of aromatic hydroxyl groups is 1. The number of carbonyl (C=O) groups is 3. The van der Waals surface area contributed by atoms with Crippen LogP contribution in [-0.2, 0) is 27.2 Å². The van der Waals surface area contributed by atoms with E-state index in [1.807, 2.05) is 30.3 Å². The third kappa shape index (κ3) is 6.93. The molecule has 8 nitrogen and oxygen atoms in total. The molecule has 0 spiro atoms. The fourth-order valence-electron chi connectivity index (χ4n) is 2.71. The first-order chi connectivity index (χ1) is 13.8. The van der Waals surface area contributed by atoms with E-state index in [-0.39, 0.29) is 12.2 Å². The molecule has 2 aromatic carbocycles. The van der Waals surface area contributed by atoms with Crippen molar-refractivity contribution < 1.29 is 24.6 Å². The van der Waals surface area contributed by atoms with Gasteiger partial charge in [0.2, 0.25) is 11.8 Å². The van der Waals surface area contributed by atoms with Crippen LogP contribution in [0.15, 0.2) is 54.6 Å². The molecular weight excluding hydrogens is 374 g/mol. The maximum atomic E-state index is 12.3. The van der Waals surface area contributed by atoms with E-state index in [0.717, 1.165) is 5.56 Å². The van der Waals surface area contributed by atoms with E-state index in [1.165, 1.54) is 19.1 Å². The molecule has 2 amide bonds. The standard InChI is InChI=1S/C21H25N3O5/c1-13(23-20(27)17(22)11-14-5-3-2-4-6-14)19(26)24-18(21(28)29)12-15-7-9-16(25)10-8-15/h2-10,13,17-18,25H,11-12,22H2,1H3,(H,23,27)(H,24,26)(H,28,29). The van der Waals surface area contributed by atoms with E-state index in [2.05, 4.69) is 10.6 Å². The van der Waals surface area contributed by atoms with Crippen molar-refractivity contribution in [1.29, 1.82) is 0 Å². The first kappa shape index (κ1) is 21.9. The second-order valence-electron chi connectivity index (χ2n) is 6.80. The summed E-state index contributed by atoms with van der Waals surface area (Å²) in [6.07, 6.45) is 0.356. The second-order valence-corrected chi connectivity index (χ2v) is 6.80. The highest BCUT2D eigenvalue weighted by Crippen LogP contribution is 2.11. The van der Waals surface area contributed by atoms with Crippen LogP contribution in [0.3, 0.4) is 0 Å². The number of carboxylic acid groups (broad SMARTS) is 1. The van der Waals surface area contributed by atoms with E-state index >= 15 is 0 Å². The monoisotopic (exact) mass is 399 g/mol. The summed E-state index contributed by atoms with van der Waals surface area (Å²) < 4.78 is 0. The Balaban J connectivity index is 1.90. The average molecular weight is 399 g/mol. The molecule has 0 aliphatic heterocycles. The maximum Gasteiger partial charge on any atom is 0.326 e. The predicted molar refractivity (Wildman–Crippen MR) is 107 cm³/mol. The molecule has 154 valence electrons. The van der Waals surface area contributed by atoms with Crippen molar-refractivity contribution in [1.82, 2.24) is 10.6 Å². The third-order valence-corrected chi connectivity index (χ3v) is 4.38. The van der Waals surface area contributed by atoms with Gasteiger partial charge in [0.25, 0.3) is 0 Å². The number of amides is 2. The number of phenolic OH excluding ortho intramolecular Hbond substituents is 1. The van der Waals surface area contributed by atoms with Gasteiger partial charge in [-0.05, 0) is 36.6 Å². The molecule has 3 atom stereocenters. The Bertz CT molecular complexity index is 839. The van der Waals surface area contributed by atoms with Crippen LogP contribution in [0, 0.1) is 0 Å². The molecule has 0 aliphatic rings. The average Bonchev–Trinajstić information content (AvgIpc) is 2.69. The van der Waals surface area contributed by atoms with Crippen LogP contribution in [0.5, 0.6) is 5.75 Å². The van der Waals surface area contributed by atoms with Gasteiger partial charge in [-0.2, -0.15) is 0 Å². The molecule has 8 heteroatoms. The van der Waals surface area contributed by atoms with Crippen molar-refractivity contribution in [2.45, 2.75) is 37.9 Å². The molecule has 0 aromatic heterocycles. The van der Waals surface area contributed by atoms with Crippen LogP contribution in [0.4, 0.5) is 0 Å². The Kier molecular flexibility index (Phi) is 7.73. The summed E-state index contributed by atoms with van der Waals surface area (Å²) in [5.74, 6) is -2.27. The zero-order chi connectivity index (χ0) is 21.4. The van der Waals surface area contributed by atoms with Gasteiger partial charge in [0.15, 0.2) is 0 Å². The topological polar surface area (TPSA) is 142 Å². The molecule has 29 heavy (non-hydrogen) atoms. The van der Waals surface area contributed by atoms with Gasteiger partial charge in [0.05, 0.1) is 6.04 Å². The lowest BCUT2D eigenvalue weighted by Gasteiger charge is -2.20. The van der Waals surface area contributed by atoms with E-state index in [1.54, 1.807) is 12.1 Å². The SMILES string of the molecule is CC(NC(=O)C(N)Cc1ccccc1)C(=O)NC(Cc1ccc(O)cc1)C(=O)O. The highest BCUT2D eigenvalue weighted by molar-refractivity contribution is 5.91. The molecule has 0 aliphatic carbocycles. The van der Waals surface area contributed by atoms with Crippen molar-refractivity contribution >= 4 is 17.8 Å². The smallest absolute Gasteiger partial charge is 0.326 e. The Morgan fingerprint density at radius 2 is 1.48 bits per heavy atom. The zero-order valence-corrected chi connectivity index (χ0v) is 16.0. The fraction of sp³-hybridized carbons (Fsp3) is 0.286. The number of rotatable bonds is 9. The van der Waals surface area contributed by atoms with Gasteiger partial charge >= 0.3 is 5.97 Å². The summed E-state index contributed by atoms with van der Waals surface area (Å²) in [5.41, 5.74) is 7.43. The summed E-state index contributed by atoms with van der Waals surface area (Å²) in [6.45, 7) is 1.46. The van der Waals surface area contributed by atoms with E-state index in [4.69, 9.17) is 5.73 Å². The number of nitrogens with one attached hydrogen (secondary N) is 2. The van der Waals surface area contributed by atoms with Crippen LogP contribution in [-0.4, -0.2) is 46.1 Å². The Hall–Kier alpha value is -3.39. The predicted octanol–water partition coefficient (Wildman–Crippen LogP) is 0.579. The lowest BCUT2D eigenvalue weighted by Crippen LogP contribution is -2.54. The number of hydrogen-bond acceptors (Lipinski definition) is 5. The molecule has 0 fully saturated rings. The first-order valence-corrected chi connectivity index (χ1v) is 9.17. The lowest BCUT2D eigenvalue weighted by atomic mass is 10.0. The molecule has 3 unspecified atom stereocenters. The molecule has 6 N–H and O–H groups in total. The van der Waals surface area contributed by atoms with Crippen LogP contribution >= 0.6 is 0 Å². The third-order valence-electron chi connectivity index (χ3n) is 4.38. The molecule has 0 bridgehead atoms. The van der Waals surface area contributed by atoms with Crippen LogP contribution in [0.25, 0.3) is 0 Å². The Morgan fingerprint density at radius 3 is 2.07 bits per heavy atom. The van der Waals surface area contributed by atoms with E-state index in [0.29, 0.717) is 12.0 Å². The number of carbonyl (C=O) groups excluding carboxylic acids is 2. The van der Waals surface area contributed by atoms with Gasteiger partial charge in [-0.15, -0.1) is 0 Å². The van der Waals surface area contributed by atoms with Crippen LogP contribution in [0.2, 0.25) is 0 Å². The van der Waals surface area contributed by atoms with Crippen LogP contribution in [0.1, 0.15) is 18.1 Å². The van der Waals surface area contributed by atoms with Gasteiger partial charge in [-0.25, -0.2) is 4.79 Å². The number of benzene rings is 2. The van der Waals surface area contributed by atoms with Crippen molar-refractivity contribution in [3.63, 3.8) is 0 Å². The van der Waals surface area contributed by atoms with Crippen molar-refractivity contribution in [3.8, 4) is 5.75 Å². The van der Waals surface area contributed by atoms with Gasteiger partial charge in [-0.1, -0.05) is 42.5 Å². The summed E-state index contributed by atoms with van der Waals surface area (Å²) in [7, 11) is 0. The van der Waals surface area contributed by atoms with Gasteiger partial charge in [0.1, 0.15) is 17.8 Å². The summed E-state index contributed by atoms with van der Waals surface area (Å²) in [5, 5.41) is 23.6. The Morgan fingerprint density at radius 1 is 0.897 bits per heavy atom. The number of aliphatic carboxylic acids is 1. The first-order valence-electron chi connectivity index (χ1n) is 9.17. The summed E-state index contributed by atoms with van der Waals surface area (Å²) >= 11 is 0. The second kappa shape index (κ2) is 10.2. The van der Waals surface area contributed by atoms with Crippen LogP contribution < -0.4 is 16.4 Å². The Labute approximate surface area is 168 Å². The fourth-order valence-corrected chi connectivity index (χ4v) is 2.71. The lowest BCUT2D eigenvalue weighted by molar-refractivity contribution is -0.142. The maximum absolute atomic E-state index is 12.3. The van der Waals surface area contributed by atoms with E-state index in [9.17, 15) is 24.6 Å². The van der Waals surface area contributed by atoms with Gasteiger partial charge < -0.3 is 26.6 Å². The highest BCUT2D eigenvalue weighted by Gasteiger charge is 2.25. The highest BCUT2D eigenvalue weighted by atomic mass is 16.4. The minimum atomic E-state index is -1.20. The summed E-state index contributed by atoms with van der Waals surface area (Å²) in [4.78, 5) is 36.1. The largest absolute Gasteiger partial charge is 0.508 e. The quantitative estimate of drug-likeness (QED) is 0.418. The van der Waals surface area contributed by atoms with Gasteiger partial charge in [-0.3, -0.25) is 9.59 Å². The van der Waals surface area contributed by atoms with Crippen molar-refractivity contribution in [3.05, 3.63) is 65.7 Å². The molecule has 2 aromatic rings. The zero-order valence-electron chi connectivity index (χ0n) is 16.0. The molecule has 0 radical (unpaired) electrons. The van der Waals surface area contributed by atoms with Crippen molar-refractivity contribution in [2.75, 3.05) is 0 Å². The number of nitrogens with two attached hydrogens (primary N) is 1. The molecular formula is C21H25N3O5. The number of phenols is 1. The molecule has 2 rings (SSSR count). The van der Waals surface area contributed by atoms with E-state index < -0.39 is 35.9 Å². The minimum absolute atomic E-state index is 0.0372. The summed E-state index contributed by atoms with van der Waals surface area (Å²) in [6, 6.07) is 12.3. The minimum Gasteiger partial charge on any atom is -0.508 e. The van der Waals surface area contributed by atoms with Crippen molar-refractivity contribution in [2.24, 2.45) is 5.73 Å². The normalized spacial score (nSPS) is 13.7. The number of hydrogen-bond donors (Lipinski definition) is 5. The van der Waals surface area contributed by atoms with Gasteiger partial charge in [0, 0.05) is 6.42 Å².